The van der Waals surface area contributed by atoms with Crippen molar-refractivity contribution < 1.29 is 25.2 Å². The molecule has 1 aromatic carbocycles. The number of ketones is 2. The average Bonchev–Trinajstić information content (AvgIpc) is 2.28. The van der Waals surface area contributed by atoms with Crippen molar-refractivity contribution in [3.05, 3.63) is 35.4 Å². The molecule has 18 heavy (non-hydrogen) atoms. The molecule has 5 heteroatoms. The first-order chi connectivity index (χ1) is 8.40. The van der Waals surface area contributed by atoms with Crippen molar-refractivity contribution in [2.24, 2.45) is 0 Å². The summed E-state index contributed by atoms with van der Waals surface area (Å²) in [5, 5.41) is 8.77. The fourth-order valence-electron chi connectivity index (χ4n) is 1.57. The maximum absolute atomic E-state index is 11.7. The number of carboxylic acids is 1. The number of rotatable bonds is 6. The van der Waals surface area contributed by atoms with Gasteiger partial charge in [0.2, 0.25) is 0 Å². The number of quaternary nitrogens is 1. The Bertz CT molecular complexity index is 482. The van der Waals surface area contributed by atoms with Crippen LogP contribution in [0.1, 0.15) is 29.3 Å². The summed E-state index contributed by atoms with van der Waals surface area (Å²) >= 11 is 0. The highest BCUT2D eigenvalue weighted by Gasteiger charge is 2.17. The van der Waals surface area contributed by atoms with Crippen molar-refractivity contribution in [2.75, 3.05) is 0 Å². The third-order valence-corrected chi connectivity index (χ3v) is 2.49. The first kappa shape index (κ1) is 14.1. The SMILES string of the molecule is CC(=O)CC(=O)c1cccc(CC([NH3+])C(=O)O)c1. The molecule has 1 rings (SSSR count). The van der Waals surface area contributed by atoms with Crippen LogP contribution in [0.25, 0.3) is 0 Å². The van der Waals surface area contributed by atoms with Crippen molar-refractivity contribution in [3.63, 3.8) is 0 Å². The highest BCUT2D eigenvalue weighted by atomic mass is 16.4. The van der Waals surface area contributed by atoms with E-state index in [1.807, 2.05) is 0 Å². The molecule has 0 aliphatic carbocycles. The van der Waals surface area contributed by atoms with E-state index in [-0.39, 0.29) is 24.4 Å². The van der Waals surface area contributed by atoms with Gasteiger partial charge in [-0.15, -0.1) is 0 Å². The van der Waals surface area contributed by atoms with Crippen LogP contribution in [-0.4, -0.2) is 28.7 Å². The molecule has 0 aliphatic rings. The fraction of sp³-hybridized carbons (Fsp3) is 0.308. The zero-order valence-corrected chi connectivity index (χ0v) is 10.2. The van der Waals surface area contributed by atoms with E-state index in [4.69, 9.17) is 5.11 Å². The monoisotopic (exact) mass is 250 g/mol. The van der Waals surface area contributed by atoms with Gasteiger partial charge in [-0.25, -0.2) is 4.79 Å². The molecular formula is C13H16NO4+. The molecule has 0 bridgehead atoms. The van der Waals surface area contributed by atoms with Crippen molar-refractivity contribution in [1.29, 1.82) is 0 Å². The van der Waals surface area contributed by atoms with Gasteiger partial charge in [-0.05, 0) is 18.6 Å². The lowest BCUT2D eigenvalue weighted by Gasteiger charge is -2.05. The molecule has 5 nitrogen and oxygen atoms in total. The van der Waals surface area contributed by atoms with Crippen LogP contribution in [0, 0.1) is 0 Å². The van der Waals surface area contributed by atoms with Crippen LogP contribution in [0.5, 0.6) is 0 Å². The molecule has 0 saturated carbocycles. The normalized spacial score (nSPS) is 11.9. The van der Waals surface area contributed by atoms with Gasteiger partial charge >= 0.3 is 5.97 Å². The van der Waals surface area contributed by atoms with E-state index in [1.165, 1.54) is 6.92 Å². The summed E-state index contributed by atoms with van der Waals surface area (Å²) in [5.74, 6) is -1.42. The molecule has 0 aromatic heterocycles. The molecule has 0 aliphatic heterocycles. The molecule has 0 fully saturated rings. The second kappa shape index (κ2) is 6.07. The molecule has 0 radical (unpaired) electrons. The minimum Gasteiger partial charge on any atom is -0.477 e. The topological polar surface area (TPSA) is 99.1 Å². The highest BCUT2D eigenvalue weighted by molar-refractivity contribution is 6.07. The van der Waals surface area contributed by atoms with Crippen molar-refractivity contribution in [3.8, 4) is 0 Å². The van der Waals surface area contributed by atoms with Gasteiger partial charge in [-0.2, -0.15) is 0 Å². The Morgan fingerprint density at radius 1 is 1.33 bits per heavy atom. The molecule has 0 amide bonds. The van der Waals surface area contributed by atoms with E-state index in [0.717, 1.165) is 5.56 Å². The first-order valence-electron chi connectivity index (χ1n) is 5.57. The Hall–Kier alpha value is -2.01. The van der Waals surface area contributed by atoms with Crippen LogP contribution in [0.15, 0.2) is 24.3 Å². The van der Waals surface area contributed by atoms with E-state index in [2.05, 4.69) is 5.73 Å². The molecule has 0 spiro atoms. The van der Waals surface area contributed by atoms with E-state index in [0.29, 0.717) is 5.56 Å². The number of hydrogen-bond acceptors (Lipinski definition) is 3. The van der Waals surface area contributed by atoms with Gasteiger partial charge in [-0.1, -0.05) is 18.2 Å². The van der Waals surface area contributed by atoms with Crippen molar-refractivity contribution >= 4 is 17.5 Å². The van der Waals surface area contributed by atoms with Gasteiger partial charge in [0.25, 0.3) is 0 Å². The lowest BCUT2D eigenvalue weighted by molar-refractivity contribution is -0.407. The van der Waals surface area contributed by atoms with E-state index in [1.54, 1.807) is 24.3 Å². The molecule has 0 heterocycles. The molecule has 1 aromatic rings. The summed E-state index contributed by atoms with van der Waals surface area (Å²) in [4.78, 5) is 33.2. The second-order valence-electron chi connectivity index (χ2n) is 4.24. The molecular weight excluding hydrogens is 234 g/mol. The van der Waals surface area contributed by atoms with E-state index in [9.17, 15) is 14.4 Å². The Morgan fingerprint density at radius 2 is 2.00 bits per heavy atom. The second-order valence-corrected chi connectivity index (χ2v) is 4.24. The maximum Gasteiger partial charge on any atom is 0.362 e. The van der Waals surface area contributed by atoms with Crippen LogP contribution >= 0.6 is 0 Å². The number of benzene rings is 1. The third-order valence-electron chi connectivity index (χ3n) is 2.49. The first-order valence-corrected chi connectivity index (χ1v) is 5.57. The number of aliphatic carboxylic acids is 1. The van der Waals surface area contributed by atoms with Gasteiger partial charge in [0.05, 0.1) is 6.42 Å². The number of Topliss-reactive ketones (excluding diaryl/α,β-unsaturated/α-hetero) is 2. The maximum atomic E-state index is 11.7. The van der Waals surface area contributed by atoms with E-state index < -0.39 is 12.0 Å². The van der Waals surface area contributed by atoms with Crippen molar-refractivity contribution in [2.45, 2.75) is 25.8 Å². The summed E-state index contributed by atoms with van der Waals surface area (Å²) in [5.41, 5.74) is 4.68. The fourth-order valence-corrected chi connectivity index (χ4v) is 1.57. The number of carboxylic acid groups (broad SMARTS) is 1. The lowest BCUT2D eigenvalue weighted by atomic mass is 10.0. The summed E-state index contributed by atoms with van der Waals surface area (Å²) in [7, 11) is 0. The van der Waals surface area contributed by atoms with Crippen LogP contribution in [0.2, 0.25) is 0 Å². The summed E-state index contributed by atoms with van der Waals surface area (Å²) in [6.07, 6.45) is 0.132. The number of carbonyl (C=O) groups excluding carboxylic acids is 2. The molecule has 4 N–H and O–H groups in total. The summed E-state index contributed by atoms with van der Waals surface area (Å²) in [6, 6.07) is 5.91. The largest absolute Gasteiger partial charge is 0.477 e. The van der Waals surface area contributed by atoms with Crippen molar-refractivity contribution in [1.82, 2.24) is 0 Å². The summed E-state index contributed by atoms with van der Waals surface area (Å²) < 4.78 is 0. The van der Waals surface area contributed by atoms with Gasteiger partial charge in [0.1, 0.15) is 5.78 Å². The third kappa shape index (κ3) is 4.10. The Morgan fingerprint density at radius 3 is 2.56 bits per heavy atom. The van der Waals surface area contributed by atoms with E-state index >= 15 is 0 Å². The minimum absolute atomic E-state index is 0.129. The zero-order valence-electron chi connectivity index (χ0n) is 10.2. The number of hydrogen-bond donors (Lipinski definition) is 2. The average molecular weight is 250 g/mol. The van der Waals surface area contributed by atoms with Gasteiger partial charge in [0, 0.05) is 12.0 Å². The Kier molecular flexibility index (Phi) is 4.74. The van der Waals surface area contributed by atoms with Gasteiger partial charge in [0.15, 0.2) is 11.8 Å². The number of carbonyl (C=O) groups is 3. The summed E-state index contributed by atoms with van der Waals surface area (Å²) in [6.45, 7) is 1.36. The molecule has 0 saturated heterocycles. The molecule has 1 atom stereocenters. The van der Waals surface area contributed by atoms with Crippen LogP contribution in [0.4, 0.5) is 0 Å². The predicted molar refractivity (Wildman–Crippen MR) is 64.1 cm³/mol. The Balaban J connectivity index is 2.82. The minimum atomic E-state index is -0.976. The lowest BCUT2D eigenvalue weighted by Crippen LogP contribution is -2.65. The quantitative estimate of drug-likeness (QED) is 0.552. The molecule has 96 valence electrons. The predicted octanol–water partition coefficient (Wildman–Crippen LogP) is 0.0860. The van der Waals surface area contributed by atoms with Gasteiger partial charge < -0.3 is 10.8 Å². The van der Waals surface area contributed by atoms with Crippen LogP contribution in [-0.2, 0) is 16.0 Å². The van der Waals surface area contributed by atoms with Gasteiger partial charge in [-0.3, -0.25) is 9.59 Å². The highest BCUT2D eigenvalue weighted by Crippen LogP contribution is 2.09. The van der Waals surface area contributed by atoms with Crippen LogP contribution < -0.4 is 5.73 Å². The van der Waals surface area contributed by atoms with Crippen LogP contribution in [0.3, 0.4) is 0 Å². The smallest absolute Gasteiger partial charge is 0.362 e. The molecule has 1 unspecified atom stereocenters. The zero-order chi connectivity index (χ0) is 13.7. The Labute approximate surface area is 105 Å². The standard InChI is InChI=1S/C13H15NO4/c1-8(15)5-12(16)10-4-2-3-9(6-10)7-11(14)13(17)18/h2-4,6,11H,5,7,14H2,1H3,(H,17,18)/p+1.